The Kier molecular flexibility index (Phi) is 5.62. The second-order valence-electron chi connectivity index (χ2n) is 3.09. The third kappa shape index (κ3) is 5.36. The predicted molar refractivity (Wildman–Crippen MR) is 50.0 cm³/mol. The number of carboxylic acid groups (broad SMARTS) is 1. The third-order valence-corrected chi connectivity index (χ3v) is 1.63. The molecular weight excluding hydrogens is 188 g/mol. The van der Waals surface area contributed by atoms with Crippen molar-refractivity contribution in [3.05, 3.63) is 0 Å². The highest BCUT2D eigenvalue weighted by molar-refractivity contribution is 5.75. The molecule has 82 valence electrons. The van der Waals surface area contributed by atoms with Crippen molar-refractivity contribution in [1.82, 2.24) is 10.2 Å². The van der Waals surface area contributed by atoms with Crippen LogP contribution in [0.5, 0.6) is 0 Å². The number of nitrogens with zero attached hydrogens (tertiary/aromatic N) is 1. The second kappa shape index (κ2) is 6.20. The van der Waals surface area contributed by atoms with Crippen LogP contribution in [0, 0.1) is 0 Å². The number of amides is 2. The fourth-order valence-corrected chi connectivity index (χ4v) is 0.885. The Morgan fingerprint density at radius 2 is 2.07 bits per heavy atom. The van der Waals surface area contributed by atoms with Crippen LogP contribution < -0.4 is 5.32 Å². The van der Waals surface area contributed by atoms with Gasteiger partial charge in [-0.25, -0.2) is 4.79 Å². The second-order valence-corrected chi connectivity index (χ2v) is 3.09. The Labute approximate surface area is 82.5 Å². The number of aliphatic hydroxyl groups is 1. The van der Waals surface area contributed by atoms with Gasteiger partial charge in [0.15, 0.2) is 0 Å². The highest BCUT2D eigenvalue weighted by atomic mass is 16.4. The average Bonchev–Trinajstić information content (AvgIpc) is 2.02. The van der Waals surface area contributed by atoms with Gasteiger partial charge in [-0.2, -0.15) is 0 Å². The monoisotopic (exact) mass is 204 g/mol. The number of hydrogen-bond acceptors (Lipinski definition) is 3. The van der Waals surface area contributed by atoms with E-state index in [-0.39, 0.29) is 25.6 Å². The molecule has 1 atom stereocenters. The number of carbonyl (C=O) groups is 2. The average molecular weight is 204 g/mol. The van der Waals surface area contributed by atoms with Gasteiger partial charge in [0.1, 0.15) is 0 Å². The van der Waals surface area contributed by atoms with Crippen LogP contribution in [0.15, 0.2) is 0 Å². The largest absolute Gasteiger partial charge is 0.481 e. The maximum atomic E-state index is 11.2. The van der Waals surface area contributed by atoms with E-state index in [1.807, 2.05) is 0 Å². The van der Waals surface area contributed by atoms with E-state index in [1.54, 1.807) is 6.92 Å². The van der Waals surface area contributed by atoms with E-state index in [0.717, 1.165) is 0 Å². The van der Waals surface area contributed by atoms with Crippen molar-refractivity contribution in [2.24, 2.45) is 0 Å². The number of likely N-dealkylation sites (N-methyl/N-ethyl adjacent to an activating group) is 1. The molecule has 0 aliphatic heterocycles. The van der Waals surface area contributed by atoms with Crippen molar-refractivity contribution in [3.63, 3.8) is 0 Å². The molecule has 0 spiro atoms. The molecule has 1 unspecified atom stereocenters. The molecule has 0 saturated heterocycles. The van der Waals surface area contributed by atoms with Crippen LogP contribution in [0.3, 0.4) is 0 Å². The van der Waals surface area contributed by atoms with Crippen molar-refractivity contribution >= 4 is 12.0 Å². The lowest BCUT2D eigenvalue weighted by Gasteiger charge is -2.19. The van der Waals surface area contributed by atoms with Gasteiger partial charge in [0.2, 0.25) is 0 Å². The van der Waals surface area contributed by atoms with Crippen molar-refractivity contribution in [1.29, 1.82) is 0 Å². The number of carboxylic acids is 1. The first-order valence-corrected chi connectivity index (χ1v) is 4.31. The number of hydrogen-bond donors (Lipinski definition) is 3. The Morgan fingerprint density at radius 3 is 2.50 bits per heavy atom. The molecule has 0 aliphatic carbocycles. The van der Waals surface area contributed by atoms with Crippen LogP contribution in [-0.2, 0) is 4.79 Å². The van der Waals surface area contributed by atoms with Crippen LogP contribution in [-0.4, -0.2) is 53.4 Å². The van der Waals surface area contributed by atoms with Gasteiger partial charge < -0.3 is 20.4 Å². The van der Waals surface area contributed by atoms with Crippen molar-refractivity contribution in [2.45, 2.75) is 19.4 Å². The summed E-state index contributed by atoms with van der Waals surface area (Å²) < 4.78 is 0. The first kappa shape index (κ1) is 12.7. The summed E-state index contributed by atoms with van der Waals surface area (Å²) in [6, 6.07) is -0.797. The number of aliphatic hydroxyl groups excluding tert-OH is 1. The Morgan fingerprint density at radius 1 is 1.50 bits per heavy atom. The van der Waals surface area contributed by atoms with Crippen LogP contribution in [0.25, 0.3) is 0 Å². The van der Waals surface area contributed by atoms with Gasteiger partial charge in [-0.1, -0.05) is 0 Å². The fraction of sp³-hybridized carbons (Fsp3) is 0.750. The SMILES string of the molecule is CC(CC(=O)O)NC(=O)N(C)CCO. The Hall–Kier alpha value is -1.30. The van der Waals surface area contributed by atoms with Gasteiger partial charge in [0, 0.05) is 19.6 Å². The van der Waals surface area contributed by atoms with Crippen LogP contribution in [0.2, 0.25) is 0 Å². The molecular formula is C8H16N2O4. The van der Waals surface area contributed by atoms with Crippen molar-refractivity contribution in [3.8, 4) is 0 Å². The van der Waals surface area contributed by atoms with Crippen molar-refractivity contribution in [2.75, 3.05) is 20.2 Å². The standard InChI is InChI=1S/C8H16N2O4/c1-6(5-7(12)13)9-8(14)10(2)3-4-11/h6,11H,3-5H2,1-2H3,(H,9,14)(H,12,13). The van der Waals surface area contributed by atoms with Crippen molar-refractivity contribution < 1.29 is 19.8 Å². The highest BCUT2D eigenvalue weighted by Crippen LogP contribution is 1.92. The third-order valence-electron chi connectivity index (χ3n) is 1.63. The summed E-state index contributed by atoms with van der Waals surface area (Å²) in [7, 11) is 1.53. The van der Waals surface area contributed by atoms with Gasteiger partial charge in [-0.15, -0.1) is 0 Å². The molecule has 6 nitrogen and oxygen atoms in total. The summed E-state index contributed by atoms with van der Waals surface area (Å²) in [6.07, 6.45) is -0.112. The number of urea groups is 1. The molecule has 0 radical (unpaired) electrons. The number of aliphatic carboxylic acids is 1. The number of carbonyl (C=O) groups excluding carboxylic acids is 1. The van der Waals surface area contributed by atoms with Crippen LogP contribution >= 0.6 is 0 Å². The van der Waals surface area contributed by atoms with Gasteiger partial charge in [-0.05, 0) is 6.92 Å². The molecule has 3 N–H and O–H groups in total. The first-order chi connectivity index (χ1) is 6.47. The maximum absolute atomic E-state index is 11.2. The predicted octanol–water partition coefficient (Wildman–Crippen LogP) is -0.517. The molecule has 0 bridgehead atoms. The summed E-state index contributed by atoms with van der Waals surface area (Å²) in [5, 5.41) is 19.5. The summed E-state index contributed by atoms with van der Waals surface area (Å²) in [6.45, 7) is 1.72. The van der Waals surface area contributed by atoms with E-state index in [2.05, 4.69) is 5.32 Å². The van der Waals surface area contributed by atoms with Gasteiger partial charge in [0.25, 0.3) is 0 Å². The fourth-order valence-electron chi connectivity index (χ4n) is 0.885. The van der Waals surface area contributed by atoms with Gasteiger partial charge >= 0.3 is 12.0 Å². The van der Waals surface area contributed by atoms with Gasteiger partial charge in [-0.3, -0.25) is 4.79 Å². The van der Waals surface area contributed by atoms with Crippen LogP contribution in [0.1, 0.15) is 13.3 Å². The topological polar surface area (TPSA) is 89.9 Å². The molecule has 6 heteroatoms. The molecule has 0 heterocycles. The molecule has 0 aliphatic rings. The molecule has 0 aromatic carbocycles. The minimum absolute atomic E-state index is 0.112. The Bertz CT molecular complexity index is 208. The number of nitrogens with one attached hydrogen (secondary N) is 1. The summed E-state index contributed by atoms with van der Waals surface area (Å²) in [5.74, 6) is -0.956. The molecule has 2 amide bonds. The van der Waals surface area contributed by atoms with E-state index in [0.29, 0.717) is 0 Å². The molecule has 0 fully saturated rings. The minimum Gasteiger partial charge on any atom is -0.481 e. The summed E-state index contributed by atoms with van der Waals surface area (Å²) in [4.78, 5) is 22.8. The van der Waals surface area contributed by atoms with E-state index in [9.17, 15) is 9.59 Å². The number of rotatable bonds is 5. The van der Waals surface area contributed by atoms with E-state index in [4.69, 9.17) is 10.2 Å². The summed E-state index contributed by atoms with van der Waals surface area (Å²) in [5.41, 5.74) is 0. The lowest BCUT2D eigenvalue weighted by Crippen LogP contribution is -2.43. The quantitative estimate of drug-likeness (QED) is 0.562. The lowest BCUT2D eigenvalue weighted by atomic mass is 10.2. The minimum atomic E-state index is -0.956. The van der Waals surface area contributed by atoms with E-state index >= 15 is 0 Å². The summed E-state index contributed by atoms with van der Waals surface area (Å²) >= 11 is 0. The normalized spacial score (nSPS) is 11.9. The molecule has 0 aromatic heterocycles. The molecule has 0 aromatic rings. The smallest absolute Gasteiger partial charge is 0.317 e. The zero-order valence-electron chi connectivity index (χ0n) is 8.36. The maximum Gasteiger partial charge on any atom is 0.317 e. The van der Waals surface area contributed by atoms with E-state index in [1.165, 1.54) is 11.9 Å². The highest BCUT2D eigenvalue weighted by Gasteiger charge is 2.13. The van der Waals surface area contributed by atoms with Crippen LogP contribution in [0.4, 0.5) is 4.79 Å². The van der Waals surface area contributed by atoms with Gasteiger partial charge in [0.05, 0.1) is 13.0 Å². The Balaban J connectivity index is 3.86. The zero-order chi connectivity index (χ0) is 11.1. The first-order valence-electron chi connectivity index (χ1n) is 4.31. The zero-order valence-corrected chi connectivity index (χ0v) is 8.36. The molecule has 0 rings (SSSR count). The molecule has 0 saturated carbocycles. The molecule has 14 heavy (non-hydrogen) atoms. The lowest BCUT2D eigenvalue weighted by molar-refractivity contribution is -0.137. The van der Waals surface area contributed by atoms with E-state index < -0.39 is 12.0 Å².